The molecule has 0 bridgehead atoms. The van der Waals surface area contributed by atoms with Crippen LogP contribution in [0.3, 0.4) is 0 Å². The van der Waals surface area contributed by atoms with Crippen molar-refractivity contribution in [2.24, 2.45) is 0 Å². The smallest absolute Gasteiger partial charge is 0.194 e. The Kier molecular flexibility index (Phi) is 2.39. The number of Topliss-reactive ketones (excluding diaryl/α,β-unsaturated/α-hetero) is 1. The molecule has 1 aromatic rings. The van der Waals surface area contributed by atoms with E-state index in [0.717, 1.165) is 0 Å². The molecule has 0 saturated carbocycles. The fourth-order valence-corrected chi connectivity index (χ4v) is 2.05. The Labute approximate surface area is 97.8 Å². The maximum absolute atomic E-state index is 12.2. The number of hydrogen-bond acceptors (Lipinski definition) is 4. The van der Waals surface area contributed by atoms with Crippen molar-refractivity contribution >= 4 is 11.6 Å². The Bertz CT molecular complexity index is 524. The highest BCUT2D eigenvalue weighted by Crippen LogP contribution is 2.26. The lowest BCUT2D eigenvalue weighted by atomic mass is 9.89. The Morgan fingerprint density at radius 1 is 1.00 bits per heavy atom. The molecule has 1 aliphatic heterocycles. The predicted octanol–water partition coefficient (Wildman–Crippen LogP) is 1.36. The van der Waals surface area contributed by atoms with Crippen LogP contribution in [0.15, 0.2) is 35.9 Å². The van der Waals surface area contributed by atoms with Gasteiger partial charge in [0.05, 0.1) is 18.8 Å². The molecule has 17 heavy (non-hydrogen) atoms. The summed E-state index contributed by atoms with van der Waals surface area (Å²) in [4.78, 5) is 24.0. The summed E-state index contributed by atoms with van der Waals surface area (Å²) >= 11 is 0. The van der Waals surface area contributed by atoms with Crippen LogP contribution < -0.4 is 0 Å². The summed E-state index contributed by atoms with van der Waals surface area (Å²) in [6.45, 7) is 0.899. The zero-order valence-electron chi connectivity index (χ0n) is 9.01. The minimum absolute atomic E-state index is 0.172. The van der Waals surface area contributed by atoms with Crippen LogP contribution in [0.2, 0.25) is 0 Å². The molecular weight excluding hydrogens is 220 g/mol. The molecule has 0 amide bonds. The van der Waals surface area contributed by atoms with E-state index >= 15 is 0 Å². The van der Waals surface area contributed by atoms with Crippen molar-refractivity contribution in [2.75, 3.05) is 13.2 Å². The van der Waals surface area contributed by atoms with Crippen LogP contribution in [0.25, 0.3) is 0 Å². The van der Waals surface area contributed by atoms with E-state index in [1.807, 2.05) is 0 Å². The monoisotopic (exact) mass is 230 g/mol. The van der Waals surface area contributed by atoms with E-state index in [1.54, 1.807) is 24.3 Å². The van der Waals surface area contributed by atoms with Gasteiger partial charge in [-0.1, -0.05) is 24.3 Å². The number of rotatable bonds is 1. The lowest BCUT2D eigenvalue weighted by Crippen LogP contribution is -2.25. The molecule has 3 rings (SSSR count). The first kappa shape index (κ1) is 10.4. The molecule has 0 N–H and O–H groups in total. The number of benzene rings is 1. The molecule has 0 spiro atoms. The lowest BCUT2D eigenvalue weighted by molar-refractivity contribution is -0.0109. The number of carbonyl (C=O) groups excluding carboxylic acids is 2. The number of ketones is 2. The van der Waals surface area contributed by atoms with Gasteiger partial charge in [-0.05, 0) is 6.08 Å². The highest BCUT2D eigenvalue weighted by atomic mass is 16.7. The molecule has 1 aliphatic carbocycles. The standard InChI is InChI=1S/C13H10O4/c14-11-7-10(13-16-5-6-17-13)12(15)9-4-2-1-3-8(9)11/h1-4,7,13H,5-6H2. The van der Waals surface area contributed by atoms with E-state index in [-0.39, 0.29) is 11.6 Å². The van der Waals surface area contributed by atoms with Crippen molar-refractivity contribution in [3.63, 3.8) is 0 Å². The van der Waals surface area contributed by atoms with E-state index < -0.39 is 6.29 Å². The molecule has 86 valence electrons. The largest absolute Gasteiger partial charge is 0.346 e. The second kappa shape index (κ2) is 3.91. The number of fused-ring (bicyclic) bond motifs is 1. The Balaban J connectivity index is 2.04. The van der Waals surface area contributed by atoms with Crippen LogP contribution in [0.5, 0.6) is 0 Å². The summed E-state index contributed by atoms with van der Waals surface area (Å²) in [6, 6.07) is 6.78. The first-order valence-electron chi connectivity index (χ1n) is 5.40. The average molecular weight is 230 g/mol. The van der Waals surface area contributed by atoms with Gasteiger partial charge in [0.2, 0.25) is 0 Å². The number of allylic oxidation sites excluding steroid dienone is 1. The maximum atomic E-state index is 12.2. The zero-order chi connectivity index (χ0) is 11.8. The van der Waals surface area contributed by atoms with Gasteiger partial charge in [0.1, 0.15) is 0 Å². The van der Waals surface area contributed by atoms with Gasteiger partial charge in [0.15, 0.2) is 17.9 Å². The predicted molar refractivity (Wildman–Crippen MR) is 58.9 cm³/mol. The van der Waals surface area contributed by atoms with Crippen molar-refractivity contribution < 1.29 is 19.1 Å². The molecular formula is C13H10O4. The number of ether oxygens (including phenoxy) is 2. The second-order valence-corrected chi connectivity index (χ2v) is 3.91. The second-order valence-electron chi connectivity index (χ2n) is 3.91. The van der Waals surface area contributed by atoms with Gasteiger partial charge in [-0.15, -0.1) is 0 Å². The minimum atomic E-state index is -0.695. The molecule has 0 unspecified atom stereocenters. The zero-order valence-corrected chi connectivity index (χ0v) is 9.01. The van der Waals surface area contributed by atoms with Crippen molar-refractivity contribution in [1.82, 2.24) is 0 Å². The van der Waals surface area contributed by atoms with E-state index in [4.69, 9.17) is 9.47 Å². The Hall–Kier alpha value is -1.78. The molecule has 2 aliphatic rings. The summed E-state index contributed by atoms with van der Waals surface area (Å²) in [7, 11) is 0. The highest BCUT2D eigenvalue weighted by molar-refractivity contribution is 6.24. The first-order chi connectivity index (χ1) is 8.27. The van der Waals surface area contributed by atoms with Crippen LogP contribution in [-0.4, -0.2) is 31.1 Å². The topological polar surface area (TPSA) is 52.6 Å². The summed E-state index contributed by atoms with van der Waals surface area (Å²) in [5.41, 5.74) is 1.17. The van der Waals surface area contributed by atoms with Crippen molar-refractivity contribution in [3.05, 3.63) is 47.0 Å². The summed E-state index contributed by atoms with van der Waals surface area (Å²) in [5.74, 6) is -0.360. The molecule has 4 nitrogen and oxygen atoms in total. The summed E-state index contributed by atoms with van der Waals surface area (Å²) in [6.07, 6.45) is 0.625. The molecule has 1 saturated heterocycles. The molecule has 1 aromatic carbocycles. The van der Waals surface area contributed by atoms with E-state index in [1.165, 1.54) is 6.08 Å². The van der Waals surface area contributed by atoms with Crippen molar-refractivity contribution in [1.29, 1.82) is 0 Å². The van der Waals surface area contributed by atoms with Gasteiger partial charge in [-0.2, -0.15) is 0 Å². The third kappa shape index (κ3) is 1.62. The fourth-order valence-electron chi connectivity index (χ4n) is 2.05. The molecule has 0 atom stereocenters. The summed E-state index contributed by atoms with van der Waals surface area (Å²) < 4.78 is 10.5. The van der Waals surface area contributed by atoms with Crippen LogP contribution >= 0.6 is 0 Å². The van der Waals surface area contributed by atoms with Gasteiger partial charge >= 0.3 is 0 Å². The lowest BCUT2D eigenvalue weighted by Gasteiger charge is -2.18. The third-order valence-corrected chi connectivity index (χ3v) is 2.86. The maximum Gasteiger partial charge on any atom is 0.194 e. The Morgan fingerprint density at radius 2 is 1.65 bits per heavy atom. The number of hydrogen-bond donors (Lipinski definition) is 0. The molecule has 1 fully saturated rings. The molecule has 0 radical (unpaired) electrons. The Morgan fingerprint density at radius 3 is 2.35 bits per heavy atom. The third-order valence-electron chi connectivity index (χ3n) is 2.86. The van der Waals surface area contributed by atoms with Gasteiger partial charge in [-0.3, -0.25) is 9.59 Å². The van der Waals surface area contributed by atoms with Gasteiger partial charge < -0.3 is 9.47 Å². The quantitative estimate of drug-likeness (QED) is 0.731. The van der Waals surface area contributed by atoms with Crippen molar-refractivity contribution in [2.45, 2.75) is 6.29 Å². The van der Waals surface area contributed by atoms with Crippen LogP contribution in [-0.2, 0) is 9.47 Å². The SMILES string of the molecule is O=C1C=C(C2OCCO2)C(=O)c2ccccc21. The molecule has 0 aromatic heterocycles. The van der Waals surface area contributed by atoms with E-state index in [9.17, 15) is 9.59 Å². The highest BCUT2D eigenvalue weighted by Gasteiger charge is 2.32. The van der Waals surface area contributed by atoms with E-state index in [0.29, 0.717) is 29.9 Å². The molecule has 1 heterocycles. The molecule has 4 heteroatoms. The average Bonchev–Trinajstić information content (AvgIpc) is 2.87. The van der Waals surface area contributed by atoms with Crippen LogP contribution in [0.1, 0.15) is 20.7 Å². The summed E-state index contributed by atoms with van der Waals surface area (Å²) in [5, 5.41) is 0. The normalized spacial score (nSPS) is 20.4. The number of carbonyl (C=O) groups is 2. The minimum Gasteiger partial charge on any atom is -0.346 e. The fraction of sp³-hybridized carbons (Fsp3) is 0.231. The van der Waals surface area contributed by atoms with Gasteiger partial charge in [0, 0.05) is 11.1 Å². The van der Waals surface area contributed by atoms with Gasteiger partial charge in [-0.25, -0.2) is 0 Å². The van der Waals surface area contributed by atoms with Crippen LogP contribution in [0.4, 0.5) is 0 Å². The van der Waals surface area contributed by atoms with Gasteiger partial charge in [0.25, 0.3) is 0 Å². The van der Waals surface area contributed by atoms with Crippen molar-refractivity contribution in [3.8, 4) is 0 Å². The van der Waals surface area contributed by atoms with Crippen LogP contribution in [0, 0.1) is 0 Å². The van der Waals surface area contributed by atoms with E-state index in [2.05, 4.69) is 0 Å². The first-order valence-corrected chi connectivity index (χ1v) is 5.40.